The Morgan fingerprint density at radius 2 is 2.00 bits per heavy atom. The summed E-state index contributed by atoms with van der Waals surface area (Å²) >= 11 is 1.19. The number of methoxy groups -OCH3 is 1. The number of amides is 1. The fraction of sp³-hybridized carbons (Fsp3) is 0.111. The Bertz CT molecular complexity index is 913. The molecule has 0 aliphatic carbocycles. The minimum Gasteiger partial charge on any atom is -0.497 e. The molecule has 1 N–H and O–H groups in total. The molecule has 1 heterocycles. The first kappa shape index (κ1) is 17.9. The van der Waals surface area contributed by atoms with E-state index >= 15 is 0 Å². The zero-order chi connectivity index (χ0) is 18.5. The predicted octanol–water partition coefficient (Wildman–Crippen LogP) is 3.89. The zero-order valence-electron chi connectivity index (χ0n) is 13.8. The topological polar surface area (TPSA) is 56.2 Å². The monoisotopic (exact) mass is 375 g/mol. The van der Waals surface area contributed by atoms with Crippen LogP contribution in [0.25, 0.3) is 5.69 Å². The number of carbonyl (C=O) groups is 1. The van der Waals surface area contributed by atoms with Crippen LogP contribution in [0.5, 0.6) is 5.75 Å². The number of benzene rings is 2. The number of ether oxygens (including phenoxy) is 1. The third-order valence-corrected chi connectivity index (χ3v) is 4.46. The van der Waals surface area contributed by atoms with Crippen LogP contribution in [-0.2, 0) is 4.79 Å². The third kappa shape index (κ3) is 4.20. The van der Waals surface area contributed by atoms with Crippen LogP contribution in [0.2, 0.25) is 0 Å². The van der Waals surface area contributed by atoms with Crippen LogP contribution >= 0.6 is 11.8 Å². The van der Waals surface area contributed by atoms with Gasteiger partial charge in [0.25, 0.3) is 0 Å². The number of nitrogens with zero attached hydrogens (tertiary/aromatic N) is 2. The van der Waals surface area contributed by atoms with Gasteiger partial charge >= 0.3 is 0 Å². The summed E-state index contributed by atoms with van der Waals surface area (Å²) in [6.45, 7) is 0. The molecule has 0 aliphatic rings. The molecule has 2 aromatic carbocycles. The highest BCUT2D eigenvalue weighted by atomic mass is 32.2. The first-order valence-electron chi connectivity index (χ1n) is 7.62. The summed E-state index contributed by atoms with van der Waals surface area (Å²) in [5.74, 6) is -1.03. The van der Waals surface area contributed by atoms with Gasteiger partial charge in [0.05, 0.1) is 18.6 Å². The van der Waals surface area contributed by atoms with Gasteiger partial charge in [0, 0.05) is 24.1 Å². The van der Waals surface area contributed by atoms with Crippen molar-refractivity contribution < 1.29 is 18.3 Å². The quantitative estimate of drug-likeness (QED) is 0.664. The maximum atomic E-state index is 13.6. The second kappa shape index (κ2) is 8.01. The van der Waals surface area contributed by atoms with E-state index in [1.807, 2.05) is 28.8 Å². The molecule has 3 rings (SSSR count). The Morgan fingerprint density at radius 3 is 2.73 bits per heavy atom. The van der Waals surface area contributed by atoms with E-state index in [-0.39, 0.29) is 11.4 Å². The van der Waals surface area contributed by atoms with Gasteiger partial charge < -0.3 is 10.1 Å². The Morgan fingerprint density at radius 1 is 1.23 bits per heavy atom. The molecule has 0 radical (unpaired) electrons. The molecule has 0 atom stereocenters. The van der Waals surface area contributed by atoms with E-state index in [0.717, 1.165) is 29.6 Å². The van der Waals surface area contributed by atoms with E-state index in [0.29, 0.717) is 5.16 Å². The van der Waals surface area contributed by atoms with Crippen molar-refractivity contribution in [2.75, 3.05) is 18.2 Å². The van der Waals surface area contributed by atoms with E-state index in [1.165, 1.54) is 11.8 Å². The zero-order valence-corrected chi connectivity index (χ0v) is 14.6. The lowest BCUT2D eigenvalue weighted by Gasteiger charge is -2.09. The highest BCUT2D eigenvalue weighted by Crippen LogP contribution is 2.23. The maximum Gasteiger partial charge on any atom is 0.234 e. The molecule has 0 unspecified atom stereocenters. The molecule has 134 valence electrons. The number of imidazole rings is 1. The fourth-order valence-corrected chi connectivity index (χ4v) is 3.02. The van der Waals surface area contributed by atoms with Crippen LogP contribution < -0.4 is 10.1 Å². The minimum absolute atomic E-state index is 0.00310. The van der Waals surface area contributed by atoms with Gasteiger partial charge in [0.1, 0.15) is 17.4 Å². The Hall–Kier alpha value is -2.87. The van der Waals surface area contributed by atoms with Crippen LogP contribution in [0, 0.1) is 11.6 Å². The lowest BCUT2D eigenvalue weighted by Crippen LogP contribution is -2.15. The van der Waals surface area contributed by atoms with Gasteiger partial charge in [0.2, 0.25) is 5.91 Å². The molecule has 3 aromatic rings. The number of carbonyl (C=O) groups excluding carboxylic acids is 1. The first-order valence-corrected chi connectivity index (χ1v) is 8.61. The van der Waals surface area contributed by atoms with Crippen LogP contribution in [0.4, 0.5) is 14.5 Å². The molecule has 26 heavy (non-hydrogen) atoms. The Balaban J connectivity index is 1.66. The second-order valence-electron chi connectivity index (χ2n) is 5.24. The predicted molar refractivity (Wildman–Crippen MR) is 95.8 cm³/mol. The average Bonchev–Trinajstić information content (AvgIpc) is 3.12. The molecule has 0 bridgehead atoms. The molecule has 8 heteroatoms. The average molecular weight is 375 g/mol. The summed E-state index contributed by atoms with van der Waals surface area (Å²) in [6, 6.07) is 10.3. The van der Waals surface area contributed by atoms with Crippen molar-refractivity contribution >= 4 is 23.4 Å². The van der Waals surface area contributed by atoms with Crippen molar-refractivity contribution in [3.05, 3.63) is 66.5 Å². The van der Waals surface area contributed by atoms with Gasteiger partial charge in [-0.1, -0.05) is 11.8 Å². The van der Waals surface area contributed by atoms with Crippen molar-refractivity contribution in [3.8, 4) is 11.4 Å². The second-order valence-corrected chi connectivity index (χ2v) is 6.18. The first-order chi connectivity index (χ1) is 12.6. The van der Waals surface area contributed by atoms with Gasteiger partial charge in [-0.2, -0.15) is 0 Å². The lowest BCUT2D eigenvalue weighted by molar-refractivity contribution is -0.113. The molecule has 0 fully saturated rings. The van der Waals surface area contributed by atoms with Crippen molar-refractivity contribution in [3.63, 3.8) is 0 Å². The highest BCUT2D eigenvalue weighted by molar-refractivity contribution is 7.99. The molecule has 1 amide bonds. The maximum absolute atomic E-state index is 13.6. The van der Waals surface area contributed by atoms with E-state index in [2.05, 4.69) is 10.3 Å². The third-order valence-electron chi connectivity index (χ3n) is 3.49. The molecule has 1 aromatic heterocycles. The van der Waals surface area contributed by atoms with E-state index in [9.17, 15) is 13.6 Å². The number of hydrogen-bond donors (Lipinski definition) is 1. The molecule has 0 aliphatic heterocycles. The Labute approximate surface area is 153 Å². The van der Waals surface area contributed by atoms with E-state index in [1.54, 1.807) is 19.5 Å². The minimum atomic E-state index is -0.690. The number of nitrogens with one attached hydrogen (secondary N) is 1. The SMILES string of the molecule is COc1ccc(-n2ccnc2SCC(=O)Nc2cc(F)ccc2F)cc1. The molecule has 0 spiro atoms. The summed E-state index contributed by atoms with van der Waals surface area (Å²) in [6.07, 6.45) is 3.39. The van der Waals surface area contributed by atoms with E-state index < -0.39 is 17.5 Å². The molecule has 5 nitrogen and oxygen atoms in total. The fourth-order valence-electron chi connectivity index (χ4n) is 2.25. The van der Waals surface area contributed by atoms with Crippen molar-refractivity contribution in [2.24, 2.45) is 0 Å². The van der Waals surface area contributed by atoms with Gasteiger partial charge in [-0.05, 0) is 36.4 Å². The number of anilines is 1. The lowest BCUT2D eigenvalue weighted by atomic mass is 10.3. The molecule has 0 saturated carbocycles. The summed E-state index contributed by atoms with van der Waals surface area (Å²) in [4.78, 5) is 16.3. The largest absolute Gasteiger partial charge is 0.497 e. The molecular formula is C18H15F2N3O2S. The van der Waals surface area contributed by atoms with Crippen LogP contribution in [-0.4, -0.2) is 28.3 Å². The smallest absolute Gasteiger partial charge is 0.234 e. The number of halogens is 2. The van der Waals surface area contributed by atoms with Crippen molar-refractivity contribution in [2.45, 2.75) is 5.16 Å². The van der Waals surface area contributed by atoms with Gasteiger partial charge in [-0.3, -0.25) is 9.36 Å². The Kier molecular flexibility index (Phi) is 5.52. The molecule has 0 saturated heterocycles. The van der Waals surface area contributed by atoms with Crippen molar-refractivity contribution in [1.82, 2.24) is 9.55 Å². The van der Waals surface area contributed by atoms with Crippen LogP contribution in [0.3, 0.4) is 0 Å². The number of hydrogen-bond acceptors (Lipinski definition) is 4. The number of aromatic nitrogens is 2. The number of rotatable bonds is 6. The normalized spacial score (nSPS) is 10.6. The summed E-state index contributed by atoms with van der Waals surface area (Å²) in [5.41, 5.74) is 0.677. The van der Waals surface area contributed by atoms with E-state index in [4.69, 9.17) is 4.74 Å². The van der Waals surface area contributed by atoms with Crippen molar-refractivity contribution in [1.29, 1.82) is 0 Å². The summed E-state index contributed by atoms with van der Waals surface area (Å²) in [7, 11) is 1.59. The van der Waals surface area contributed by atoms with Gasteiger partial charge in [-0.25, -0.2) is 13.8 Å². The van der Waals surface area contributed by atoms with Crippen LogP contribution in [0.1, 0.15) is 0 Å². The highest BCUT2D eigenvalue weighted by Gasteiger charge is 2.12. The van der Waals surface area contributed by atoms with Gasteiger partial charge in [-0.15, -0.1) is 0 Å². The molecular weight excluding hydrogens is 360 g/mol. The van der Waals surface area contributed by atoms with Crippen LogP contribution in [0.15, 0.2) is 60.0 Å². The number of thioether (sulfide) groups is 1. The van der Waals surface area contributed by atoms with Gasteiger partial charge in [0.15, 0.2) is 5.16 Å². The summed E-state index contributed by atoms with van der Waals surface area (Å²) < 4.78 is 33.7. The standard InChI is InChI=1S/C18H15F2N3O2S/c1-25-14-5-3-13(4-6-14)23-9-8-21-18(23)26-11-17(24)22-16-10-12(19)2-7-15(16)20/h2-10H,11H2,1H3,(H,22,24). The summed E-state index contributed by atoms with van der Waals surface area (Å²) in [5, 5.41) is 2.96.